The van der Waals surface area contributed by atoms with E-state index in [1.54, 1.807) is 0 Å². The monoisotopic (exact) mass is 155 g/mol. The summed E-state index contributed by atoms with van der Waals surface area (Å²) in [6, 6.07) is 0.571. The van der Waals surface area contributed by atoms with Gasteiger partial charge in [0.25, 0.3) is 0 Å². The van der Waals surface area contributed by atoms with Crippen molar-refractivity contribution in [1.29, 1.82) is 0 Å². The number of rotatable bonds is 1. The molecule has 1 aliphatic rings. The lowest BCUT2D eigenvalue weighted by molar-refractivity contribution is -0.114. The molecule has 1 saturated heterocycles. The van der Waals surface area contributed by atoms with Crippen molar-refractivity contribution in [3.05, 3.63) is 0 Å². The van der Waals surface area contributed by atoms with E-state index in [0.717, 1.165) is 19.3 Å². The molecule has 11 heavy (non-hydrogen) atoms. The summed E-state index contributed by atoms with van der Waals surface area (Å²) in [6.45, 7) is 5.40. The quantitative estimate of drug-likeness (QED) is 0.530. The Kier molecular flexibility index (Phi) is 2.66. The highest BCUT2D eigenvalue weighted by atomic mass is 16.1. The van der Waals surface area contributed by atoms with Crippen molar-refractivity contribution >= 4 is 6.29 Å². The Balaban J connectivity index is 2.54. The number of carbonyl (C=O) groups excluding carboxylic acids is 1. The van der Waals surface area contributed by atoms with Gasteiger partial charge in [-0.05, 0) is 26.3 Å². The summed E-state index contributed by atoms with van der Waals surface area (Å²) in [7, 11) is 2.13. The molecule has 0 radical (unpaired) electrons. The Morgan fingerprint density at radius 2 is 2.09 bits per heavy atom. The summed E-state index contributed by atoms with van der Waals surface area (Å²) in [5.74, 6) is 0.829. The van der Waals surface area contributed by atoms with E-state index < -0.39 is 0 Å². The van der Waals surface area contributed by atoms with Crippen molar-refractivity contribution < 1.29 is 4.79 Å². The zero-order valence-electron chi connectivity index (χ0n) is 7.58. The molecular formula is C9H17NO. The fourth-order valence-electron chi connectivity index (χ4n) is 1.77. The molecule has 1 aliphatic heterocycles. The highest BCUT2D eigenvalue weighted by Crippen LogP contribution is 2.24. The van der Waals surface area contributed by atoms with Crippen LogP contribution in [0.2, 0.25) is 0 Å². The molecule has 64 valence electrons. The Bertz CT molecular complexity index is 146. The van der Waals surface area contributed by atoms with E-state index in [4.69, 9.17) is 0 Å². The molecule has 1 fully saturated rings. The van der Waals surface area contributed by atoms with Crippen LogP contribution < -0.4 is 0 Å². The Labute approximate surface area is 68.6 Å². The van der Waals surface area contributed by atoms with E-state index >= 15 is 0 Å². The standard InChI is InChI=1S/C9H17NO/c1-7-5-10(3)8(2)4-9(7)6-11/h6-9H,4-5H2,1-3H3/t7-,8+,9-/m0/s1. The van der Waals surface area contributed by atoms with Crippen LogP contribution in [0.5, 0.6) is 0 Å². The highest BCUT2D eigenvalue weighted by Gasteiger charge is 2.27. The van der Waals surface area contributed by atoms with E-state index in [1.807, 2.05) is 0 Å². The predicted octanol–water partition coefficient (Wildman–Crippen LogP) is 1.16. The van der Waals surface area contributed by atoms with Crippen LogP contribution in [-0.4, -0.2) is 30.8 Å². The minimum absolute atomic E-state index is 0.293. The van der Waals surface area contributed by atoms with Gasteiger partial charge < -0.3 is 9.69 Å². The van der Waals surface area contributed by atoms with E-state index in [2.05, 4.69) is 25.8 Å². The number of hydrogen-bond acceptors (Lipinski definition) is 2. The molecule has 1 rings (SSSR count). The van der Waals surface area contributed by atoms with E-state index in [0.29, 0.717) is 17.9 Å². The first-order valence-corrected chi connectivity index (χ1v) is 4.30. The lowest BCUT2D eigenvalue weighted by Crippen LogP contribution is -2.43. The number of aldehydes is 1. The normalized spacial score (nSPS) is 40.5. The zero-order chi connectivity index (χ0) is 8.43. The van der Waals surface area contributed by atoms with Gasteiger partial charge in [0, 0.05) is 18.5 Å². The molecule has 0 N–H and O–H groups in total. The first-order chi connectivity index (χ1) is 5.15. The second-order valence-electron chi connectivity index (χ2n) is 3.80. The highest BCUT2D eigenvalue weighted by molar-refractivity contribution is 5.54. The molecule has 0 spiro atoms. The van der Waals surface area contributed by atoms with E-state index in [9.17, 15) is 4.79 Å². The van der Waals surface area contributed by atoms with Gasteiger partial charge in [-0.3, -0.25) is 0 Å². The van der Waals surface area contributed by atoms with Crippen LogP contribution in [0, 0.1) is 11.8 Å². The van der Waals surface area contributed by atoms with Crippen LogP contribution in [-0.2, 0) is 4.79 Å². The largest absolute Gasteiger partial charge is 0.303 e. The van der Waals surface area contributed by atoms with Gasteiger partial charge in [0.2, 0.25) is 0 Å². The molecule has 0 aromatic heterocycles. The lowest BCUT2D eigenvalue weighted by atomic mass is 9.85. The van der Waals surface area contributed by atoms with Crippen molar-refractivity contribution in [2.24, 2.45) is 11.8 Å². The van der Waals surface area contributed by atoms with Gasteiger partial charge in [0.15, 0.2) is 0 Å². The van der Waals surface area contributed by atoms with Gasteiger partial charge in [0.05, 0.1) is 0 Å². The molecule has 2 heteroatoms. The Morgan fingerprint density at radius 3 is 2.64 bits per heavy atom. The molecule has 0 aliphatic carbocycles. The molecule has 2 nitrogen and oxygen atoms in total. The van der Waals surface area contributed by atoms with Crippen LogP contribution in [0.15, 0.2) is 0 Å². The summed E-state index contributed by atoms with van der Waals surface area (Å²) in [5.41, 5.74) is 0. The van der Waals surface area contributed by atoms with Gasteiger partial charge >= 0.3 is 0 Å². The SMILES string of the molecule is C[C@@H]1C[C@@H](C=O)[C@@H](C)CN1C. The number of hydrogen-bond donors (Lipinski definition) is 0. The second-order valence-corrected chi connectivity index (χ2v) is 3.80. The van der Waals surface area contributed by atoms with Gasteiger partial charge in [-0.2, -0.15) is 0 Å². The van der Waals surface area contributed by atoms with Gasteiger partial charge in [-0.25, -0.2) is 0 Å². The van der Waals surface area contributed by atoms with E-state index in [-0.39, 0.29) is 0 Å². The van der Waals surface area contributed by atoms with Gasteiger partial charge in [-0.1, -0.05) is 6.92 Å². The third-order valence-electron chi connectivity index (χ3n) is 2.85. The second kappa shape index (κ2) is 3.35. The molecule has 0 aromatic carbocycles. The third kappa shape index (κ3) is 1.80. The molecule has 0 saturated carbocycles. The van der Waals surface area contributed by atoms with Gasteiger partial charge in [0.1, 0.15) is 6.29 Å². The number of piperidine rings is 1. The van der Waals surface area contributed by atoms with Crippen LogP contribution in [0.3, 0.4) is 0 Å². The topological polar surface area (TPSA) is 20.3 Å². The molecule has 3 atom stereocenters. The first-order valence-electron chi connectivity index (χ1n) is 4.30. The lowest BCUT2D eigenvalue weighted by Gasteiger charge is -2.37. The fraction of sp³-hybridized carbons (Fsp3) is 0.889. The van der Waals surface area contributed by atoms with Crippen LogP contribution in [0.1, 0.15) is 20.3 Å². The maximum atomic E-state index is 10.6. The molecule has 0 aromatic rings. The third-order valence-corrected chi connectivity index (χ3v) is 2.85. The summed E-state index contributed by atoms with van der Waals surface area (Å²) >= 11 is 0. The number of likely N-dealkylation sites (tertiary alicyclic amines) is 1. The number of nitrogens with zero attached hydrogens (tertiary/aromatic N) is 1. The first kappa shape index (κ1) is 8.72. The summed E-state index contributed by atoms with van der Waals surface area (Å²) < 4.78 is 0. The molecule has 1 heterocycles. The van der Waals surface area contributed by atoms with Crippen molar-refractivity contribution in [1.82, 2.24) is 4.90 Å². The smallest absolute Gasteiger partial charge is 0.123 e. The minimum atomic E-state index is 0.293. The molecule has 0 bridgehead atoms. The molecule has 0 unspecified atom stereocenters. The van der Waals surface area contributed by atoms with Gasteiger partial charge in [-0.15, -0.1) is 0 Å². The summed E-state index contributed by atoms with van der Waals surface area (Å²) in [6.07, 6.45) is 2.15. The maximum absolute atomic E-state index is 10.6. The average molecular weight is 155 g/mol. The molecule has 0 amide bonds. The average Bonchev–Trinajstić information content (AvgIpc) is 1.97. The van der Waals surface area contributed by atoms with Crippen molar-refractivity contribution in [3.63, 3.8) is 0 Å². The fourth-order valence-corrected chi connectivity index (χ4v) is 1.77. The Hall–Kier alpha value is -0.370. The Morgan fingerprint density at radius 1 is 1.45 bits per heavy atom. The zero-order valence-corrected chi connectivity index (χ0v) is 7.58. The van der Waals surface area contributed by atoms with Crippen molar-refractivity contribution in [2.45, 2.75) is 26.3 Å². The van der Waals surface area contributed by atoms with Crippen molar-refractivity contribution in [3.8, 4) is 0 Å². The van der Waals surface area contributed by atoms with E-state index in [1.165, 1.54) is 0 Å². The summed E-state index contributed by atoms with van der Waals surface area (Å²) in [5, 5.41) is 0. The van der Waals surface area contributed by atoms with Crippen LogP contribution in [0.25, 0.3) is 0 Å². The van der Waals surface area contributed by atoms with Crippen LogP contribution in [0.4, 0.5) is 0 Å². The summed E-state index contributed by atoms with van der Waals surface area (Å²) in [4.78, 5) is 12.9. The maximum Gasteiger partial charge on any atom is 0.123 e. The minimum Gasteiger partial charge on any atom is -0.303 e. The number of carbonyl (C=O) groups is 1. The van der Waals surface area contributed by atoms with Crippen molar-refractivity contribution in [2.75, 3.05) is 13.6 Å². The van der Waals surface area contributed by atoms with Crippen LogP contribution >= 0.6 is 0 Å². The molecular weight excluding hydrogens is 138 g/mol. The predicted molar refractivity (Wildman–Crippen MR) is 45.4 cm³/mol.